The highest BCUT2D eigenvalue weighted by Gasteiger charge is 2.12. The van der Waals surface area contributed by atoms with Crippen LogP contribution in [0.25, 0.3) is 33.3 Å². The van der Waals surface area contributed by atoms with E-state index in [0.29, 0.717) is 11.5 Å². The Balaban J connectivity index is 1.98. The predicted molar refractivity (Wildman–Crippen MR) is 86.9 cm³/mol. The van der Waals surface area contributed by atoms with Crippen molar-refractivity contribution >= 4 is 27.9 Å². The van der Waals surface area contributed by atoms with E-state index in [0.717, 1.165) is 39.3 Å². The standard InChI is InChI=1S/C16H15N5O/c1-8-18-15-11(7-14(17)21-16(15)19-8)13-6-9-5-10(22-2)3-4-12(9)20-13/h3-7,20H,1-2H3,(H3,17,18,19,21). The summed E-state index contributed by atoms with van der Waals surface area (Å²) in [5, 5.41) is 1.08. The number of hydrogen-bond donors (Lipinski definition) is 3. The summed E-state index contributed by atoms with van der Waals surface area (Å²) in [5.41, 5.74) is 10.4. The molecule has 0 radical (unpaired) electrons. The van der Waals surface area contributed by atoms with Gasteiger partial charge in [-0.2, -0.15) is 0 Å². The van der Waals surface area contributed by atoms with Crippen molar-refractivity contribution in [1.82, 2.24) is 19.9 Å². The van der Waals surface area contributed by atoms with Gasteiger partial charge in [-0.25, -0.2) is 9.97 Å². The number of nitrogen functional groups attached to an aromatic ring is 1. The maximum Gasteiger partial charge on any atom is 0.180 e. The number of imidazole rings is 1. The summed E-state index contributed by atoms with van der Waals surface area (Å²) in [6.45, 7) is 1.90. The molecule has 6 nitrogen and oxygen atoms in total. The van der Waals surface area contributed by atoms with Crippen LogP contribution in [-0.4, -0.2) is 27.0 Å². The van der Waals surface area contributed by atoms with Gasteiger partial charge in [0.15, 0.2) is 5.65 Å². The van der Waals surface area contributed by atoms with Crippen molar-refractivity contribution in [1.29, 1.82) is 0 Å². The van der Waals surface area contributed by atoms with Crippen molar-refractivity contribution in [2.75, 3.05) is 12.8 Å². The largest absolute Gasteiger partial charge is 0.497 e. The number of fused-ring (bicyclic) bond motifs is 2. The Labute approximate surface area is 126 Å². The molecule has 0 bridgehead atoms. The lowest BCUT2D eigenvalue weighted by molar-refractivity contribution is 0.415. The molecule has 110 valence electrons. The lowest BCUT2D eigenvalue weighted by atomic mass is 10.1. The molecular weight excluding hydrogens is 278 g/mol. The van der Waals surface area contributed by atoms with E-state index in [9.17, 15) is 0 Å². The van der Waals surface area contributed by atoms with Crippen LogP contribution in [0.4, 0.5) is 5.82 Å². The first-order valence-electron chi connectivity index (χ1n) is 6.94. The average molecular weight is 293 g/mol. The van der Waals surface area contributed by atoms with Crippen molar-refractivity contribution in [2.45, 2.75) is 6.92 Å². The number of pyridine rings is 1. The molecule has 22 heavy (non-hydrogen) atoms. The third-order valence-electron chi connectivity index (χ3n) is 3.72. The van der Waals surface area contributed by atoms with Crippen LogP contribution in [-0.2, 0) is 0 Å². The number of anilines is 1. The van der Waals surface area contributed by atoms with E-state index in [1.165, 1.54) is 0 Å². The number of H-pyrrole nitrogens is 2. The Bertz CT molecular complexity index is 999. The van der Waals surface area contributed by atoms with Gasteiger partial charge < -0.3 is 20.4 Å². The van der Waals surface area contributed by atoms with Crippen LogP contribution in [0, 0.1) is 6.92 Å². The smallest absolute Gasteiger partial charge is 0.180 e. The van der Waals surface area contributed by atoms with E-state index >= 15 is 0 Å². The summed E-state index contributed by atoms with van der Waals surface area (Å²) in [7, 11) is 1.66. The van der Waals surface area contributed by atoms with Crippen LogP contribution in [0.15, 0.2) is 30.3 Å². The minimum Gasteiger partial charge on any atom is -0.497 e. The quantitative estimate of drug-likeness (QED) is 0.529. The number of benzene rings is 1. The van der Waals surface area contributed by atoms with Crippen molar-refractivity contribution in [3.8, 4) is 17.0 Å². The third-order valence-corrected chi connectivity index (χ3v) is 3.72. The highest BCUT2D eigenvalue weighted by atomic mass is 16.5. The minimum absolute atomic E-state index is 0.449. The number of nitrogens with two attached hydrogens (primary N) is 1. The second-order valence-electron chi connectivity index (χ2n) is 5.25. The van der Waals surface area contributed by atoms with Crippen LogP contribution in [0.5, 0.6) is 5.75 Å². The highest BCUT2D eigenvalue weighted by molar-refractivity contribution is 5.95. The van der Waals surface area contributed by atoms with Crippen molar-refractivity contribution in [2.24, 2.45) is 0 Å². The molecule has 3 aromatic heterocycles. The molecule has 0 atom stereocenters. The van der Waals surface area contributed by atoms with Gasteiger partial charge >= 0.3 is 0 Å². The minimum atomic E-state index is 0.449. The Morgan fingerprint density at radius 3 is 2.77 bits per heavy atom. The number of aryl methyl sites for hydroxylation is 1. The maximum atomic E-state index is 5.91. The molecule has 3 heterocycles. The van der Waals surface area contributed by atoms with Gasteiger partial charge in [0.25, 0.3) is 0 Å². The molecule has 4 rings (SSSR count). The summed E-state index contributed by atoms with van der Waals surface area (Å²) in [5.74, 6) is 2.09. The van der Waals surface area contributed by atoms with Gasteiger partial charge in [0.2, 0.25) is 0 Å². The predicted octanol–water partition coefficient (Wildman–Crippen LogP) is 3.01. The van der Waals surface area contributed by atoms with E-state index in [2.05, 4.69) is 26.0 Å². The number of hydrogen-bond acceptors (Lipinski definition) is 4. The van der Waals surface area contributed by atoms with Gasteiger partial charge in [-0.05, 0) is 37.3 Å². The Hall–Kier alpha value is -3.02. The van der Waals surface area contributed by atoms with E-state index in [4.69, 9.17) is 10.5 Å². The number of aromatic nitrogens is 4. The van der Waals surface area contributed by atoms with Gasteiger partial charge in [0.1, 0.15) is 17.4 Å². The van der Waals surface area contributed by atoms with E-state index < -0.39 is 0 Å². The summed E-state index contributed by atoms with van der Waals surface area (Å²) >= 11 is 0. The first kappa shape index (κ1) is 12.7. The molecule has 0 unspecified atom stereocenters. The lowest BCUT2D eigenvalue weighted by Crippen LogP contribution is -1.92. The molecule has 4 N–H and O–H groups in total. The fourth-order valence-corrected chi connectivity index (χ4v) is 2.72. The molecule has 0 saturated heterocycles. The first-order valence-corrected chi connectivity index (χ1v) is 6.94. The molecular formula is C16H15N5O. The molecule has 4 aromatic rings. The summed E-state index contributed by atoms with van der Waals surface area (Å²) in [4.78, 5) is 15.3. The number of nitrogens with one attached hydrogen (secondary N) is 2. The van der Waals surface area contributed by atoms with Gasteiger partial charge in [0.05, 0.1) is 12.6 Å². The third kappa shape index (κ3) is 1.88. The Morgan fingerprint density at radius 1 is 1.09 bits per heavy atom. The van der Waals surface area contributed by atoms with Crippen molar-refractivity contribution in [3.05, 3.63) is 36.2 Å². The second-order valence-corrected chi connectivity index (χ2v) is 5.25. The summed E-state index contributed by atoms with van der Waals surface area (Å²) in [6, 6.07) is 9.84. The van der Waals surface area contributed by atoms with Crippen LogP contribution in [0.3, 0.4) is 0 Å². The van der Waals surface area contributed by atoms with E-state index in [-0.39, 0.29) is 0 Å². The normalized spacial score (nSPS) is 11.4. The topological polar surface area (TPSA) is 92.6 Å². The number of aromatic amines is 2. The van der Waals surface area contributed by atoms with Crippen LogP contribution >= 0.6 is 0 Å². The first-order chi connectivity index (χ1) is 10.6. The number of ether oxygens (including phenoxy) is 1. The summed E-state index contributed by atoms with van der Waals surface area (Å²) in [6.07, 6.45) is 0. The van der Waals surface area contributed by atoms with Crippen molar-refractivity contribution < 1.29 is 4.74 Å². The molecule has 0 fully saturated rings. The molecule has 0 aliphatic carbocycles. The molecule has 6 heteroatoms. The summed E-state index contributed by atoms with van der Waals surface area (Å²) < 4.78 is 5.27. The molecule has 0 spiro atoms. The van der Waals surface area contributed by atoms with Crippen LogP contribution in [0.1, 0.15) is 5.82 Å². The lowest BCUT2D eigenvalue weighted by Gasteiger charge is -2.01. The number of rotatable bonds is 2. The molecule has 0 aliphatic rings. The molecule has 0 saturated carbocycles. The molecule has 1 aromatic carbocycles. The van der Waals surface area contributed by atoms with Gasteiger partial charge in [-0.1, -0.05) is 0 Å². The maximum absolute atomic E-state index is 5.91. The Morgan fingerprint density at radius 2 is 1.95 bits per heavy atom. The fourth-order valence-electron chi connectivity index (χ4n) is 2.72. The fraction of sp³-hybridized carbons (Fsp3) is 0.125. The van der Waals surface area contributed by atoms with Crippen molar-refractivity contribution in [3.63, 3.8) is 0 Å². The highest BCUT2D eigenvalue weighted by Crippen LogP contribution is 2.31. The van der Waals surface area contributed by atoms with E-state index in [1.54, 1.807) is 7.11 Å². The number of nitrogens with zero attached hydrogens (tertiary/aromatic N) is 2. The zero-order valence-corrected chi connectivity index (χ0v) is 12.3. The monoisotopic (exact) mass is 293 g/mol. The van der Waals surface area contributed by atoms with E-state index in [1.807, 2.05) is 31.2 Å². The number of methoxy groups -OCH3 is 1. The zero-order valence-electron chi connectivity index (χ0n) is 12.3. The van der Waals surface area contributed by atoms with Gasteiger partial charge in [0, 0.05) is 22.2 Å². The zero-order chi connectivity index (χ0) is 15.3. The average Bonchev–Trinajstić information content (AvgIpc) is 3.07. The van der Waals surface area contributed by atoms with Gasteiger partial charge in [-0.3, -0.25) is 0 Å². The van der Waals surface area contributed by atoms with Gasteiger partial charge in [-0.15, -0.1) is 0 Å². The molecule has 0 aliphatic heterocycles. The van der Waals surface area contributed by atoms with Crippen LogP contribution in [0.2, 0.25) is 0 Å². The Kier molecular flexibility index (Phi) is 2.59. The SMILES string of the molecule is COc1ccc2[nH]c(-c3cc(N)nc4nc(C)[nH]c34)cc2c1. The van der Waals surface area contributed by atoms with Crippen LogP contribution < -0.4 is 10.5 Å². The molecule has 0 amide bonds. The second kappa shape index (κ2) is 4.49.